The van der Waals surface area contributed by atoms with Gasteiger partial charge in [-0.25, -0.2) is 18.3 Å². The van der Waals surface area contributed by atoms with Gasteiger partial charge in [-0.1, -0.05) is 11.6 Å². The molecule has 0 aromatic carbocycles. The maximum absolute atomic E-state index is 13.0. The van der Waals surface area contributed by atoms with E-state index in [0.717, 1.165) is 37.3 Å². The van der Waals surface area contributed by atoms with Crippen molar-refractivity contribution in [2.45, 2.75) is 19.3 Å². The minimum absolute atomic E-state index is 0.0883. The summed E-state index contributed by atoms with van der Waals surface area (Å²) in [5, 5.41) is 13.9. The number of hydrogen-bond donors (Lipinski definition) is 2. The number of nitrogens with one attached hydrogen (secondary N) is 2. The Bertz CT molecular complexity index is 1260. The molecule has 9 nitrogen and oxygen atoms in total. The number of rotatable bonds is 5. The largest absolute Gasteiger partial charge is 0.340 e. The van der Waals surface area contributed by atoms with Crippen molar-refractivity contribution in [2.24, 2.45) is 0 Å². The van der Waals surface area contributed by atoms with Crippen LogP contribution in [0.25, 0.3) is 16.2 Å². The van der Waals surface area contributed by atoms with E-state index in [1.807, 2.05) is 0 Å². The number of fused-ring (bicyclic) bond motifs is 1. The van der Waals surface area contributed by atoms with E-state index >= 15 is 0 Å². The molecule has 0 radical (unpaired) electrons. The van der Waals surface area contributed by atoms with Crippen molar-refractivity contribution in [2.75, 3.05) is 23.3 Å². The molecule has 13 heteroatoms. The van der Waals surface area contributed by atoms with Crippen LogP contribution in [0.5, 0.6) is 0 Å². The van der Waals surface area contributed by atoms with Crippen molar-refractivity contribution in [3.8, 4) is 10.6 Å². The summed E-state index contributed by atoms with van der Waals surface area (Å²) >= 11 is 6.71. The van der Waals surface area contributed by atoms with Gasteiger partial charge < -0.3 is 10.2 Å². The molecule has 0 bridgehead atoms. The Hall–Kier alpha value is -3.12. The summed E-state index contributed by atoms with van der Waals surface area (Å²) in [6, 6.07) is 3.40. The van der Waals surface area contributed by atoms with E-state index < -0.39 is 18.0 Å². The first-order valence-corrected chi connectivity index (χ1v) is 10.6. The molecule has 1 aliphatic heterocycles. The van der Waals surface area contributed by atoms with Gasteiger partial charge in [0.05, 0.1) is 11.8 Å². The summed E-state index contributed by atoms with van der Waals surface area (Å²) in [6.45, 7) is 1.86. The molecule has 4 aromatic rings. The van der Waals surface area contributed by atoms with E-state index in [1.54, 1.807) is 22.8 Å². The van der Waals surface area contributed by atoms with E-state index in [0.29, 0.717) is 17.3 Å². The molecular formula is C18H15ClF2N8OS. The Morgan fingerprint density at radius 2 is 2.10 bits per heavy atom. The Morgan fingerprint density at radius 3 is 2.84 bits per heavy atom. The second-order valence-electron chi connectivity index (χ2n) is 6.92. The molecular weight excluding hydrogens is 450 g/mol. The molecule has 0 aliphatic carbocycles. The lowest BCUT2D eigenvalue weighted by Gasteiger charge is -2.10. The summed E-state index contributed by atoms with van der Waals surface area (Å²) in [6.07, 6.45) is 2.49. The number of aromatic nitrogens is 6. The first kappa shape index (κ1) is 19.8. The van der Waals surface area contributed by atoms with Gasteiger partial charge in [-0.05, 0) is 18.9 Å². The minimum atomic E-state index is -2.80. The SMILES string of the molecule is O=C(Nc1ccn2nc(N3CCCC3)nc2c1)c1[nH]ncc1-c1nc(C(F)F)c(Cl)s1. The van der Waals surface area contributed by atoms with Crippen LogP contribution >= 0.6 is 22.9 Å². The zero-order chi connectivity index (χ0) is 21.5. The van der Waals surface area contributed by atoms with Crippen LogP contribution in [0.2, 0.25) is 4.34 Å². The van der Waals surface area contributed by atoms with Crippen LogP contribution in [0.3, 0.4) is 0 Å². The summed E-state index contributed by atoms with van der Waals surface area (Å²) in [7, 11) is 0. The third kappa shape index (κ3) is 3.72. The highest BCUT2D eigenvalue weighted by Gasteiger charge is 2.24. The number of nitrogens with zero attached hydrogens (tertiary/aromatic N) is 6. The molecule has 31 heavy (non-hydrogen) atoms. The van der Waals surface area contributed by atoms with Gasteiger partial charge in [0, 0.05) is 31.0 Å². The van der Waals surface area contributed by atoms with Gasteiger partial charge in [-0.15, -0.1) is 16.4 Å². The number of aromatic amines is 1. The fourth-order valence-electron chi connectivity index (χ4n) is 3.38. The average Bonchev–Trinajstić information content (AvgIpc) is 3.51. The van der Waals surface area contributed by atoms with E-state index in [1.165, 1.54) is 6.20 Å². The van der Waals surface area contributed by atoms with Gasteiger partial charge in [0.15, 0.2) is 5.65 Å². The topological polar surface area (TPSA) is 104 Å². The third-order valence-corrected chi connectivity index (χ3v) is 6.20. The highest BCUT2D eigenvalue weighted by Crippen LogP contribution is 2.37. The van der Waals surface area contributed by atoms with Crippen LogP contribution in [-0.2, 0) is 0 Å². The van der Waals surface area contributed by atoms with Gasteiger partial charge >= 0.3 is 0 Å². The van der Waals surface area contributed by atoms with Crippen molar-refractivity contribution in [1.29, 1.82) is 0 Å². The molecule has 1 amide bonds. The molecule has 0 unspecified atom stereocenters. The minimum Gasteiger partial charge on any atom is -0.340 e. The van der Waals surface area contributed by atoms with Crippen molar-refractivity contribution in [3.05, 3.63) is 40.3 Å². The Labute approximate surface area is 183 Å². The molecule has 5 heterocycles. The number of carbonyl (C=O) groups excluding carboxylic acids is 1. The fraction of sp³-hybridized carbons (Fsp3) is 0.278. The number of H-pyrrole nitrogens is 1. The molecule has 0 saturated carbocycles. The summed E-state index contributed by atoms with van der Waals surface area (Å²) < 4.78 is 27.5. The standard InChI is InChI=1S/C18H15ClF2N8OS/c19-14-13(15(20)21)25-17(31-14)10-8-22-26-12(10)16(30)23-9-3-6-29-11(7-9)24-18(27-29)28-4-1-2-5-28/h3,6-8,15H,1-2,4-5H2,(H,22,26)(H,23,30). The predicted octanol–water partition coefficient (Wildman–Crippen LogP) is 4.02. The van der Waals surface area contributed by atoms with Gasteiger partial charge in [0.25, 0.3) is 12.3 Å². The van der Waals surface area contributed by atoms with Crippen molar-refractivity contribution in [3.63, 3.8) is 0 Å². The maximum atomic E-state index is 13.0. The molecule has 5 rings (SSSR count). The van der Waals surface area contributed by atoms with Gasteiger partial charge in [-0.2, -0.15) is 10.1 Å². The lowest BCUT2D eigenvalue weighted by atomic mass is 10.2. The zero-order valence-electron chi connectivity index (χ0n) is 15.8. The number of hydrogen-bond acceptors (Lipinski definition) is 7. The lowest BCUT2D eigenvalue weighted by Crippen LogP contribution is -2.19. The molecule has 0 atom stereocenters. The summed E-state index contributed by atoms with van der Waals surface area (Å²) in [5.41, 5.74) is 0.962. The number of anilines is 2. The Morgan fingerprint density at radius 1 is 1.29 bits per heavy atom. The molecule has 1 fully saturated rings. The smallest absolute Gasteiger partial charge is 0.282 e. The van der Waals surface area contributed by atoms with Crippen molar-refractivity contribution >= 4 is 46.1 Å². The van der Waals surface area contributed by atoms with Crippen molar-refractivity contribution in [1.82, 2.24) is 29.8 Å². The third-order valence-electron chi connectivity index (χ3n) is 4.89. The van der Waals surface area contributed by atoms with Gasteiger partial charge in [0.1, 0.15) is 20.7 Å². The number of thiazole rings is 1. The predicted molar refractivity (Wildman–Crippen MR) is 112 cm³/mol. The second kappa shape index (κ2) is 7.85. The van der Waals surface area contributed by atoms with Gasteiger partial charge in [-0.3, -0.25) is 9.89 Å². The first-order chi connectivity index (χ1) is 15.0. The zero-order valence-corrected chi connectivity index (χ0v) is 17.4. The van der Waals surface area contributed by atoms with Crippen LogP contribution in [0.1, 0.15) is 35.4 Å². The highest BCUT2D eigenvalue weighted by molar-refractivity contribution is 7.19. The van der Waals surface area contributed by atoms with Crippen LogP contribution in [0.4, 0.5) is 20.4 Å². The van der Waals surface area contributed by atoms with E-state index in [4.69, 9.17) is 11.6 Å². The monoisotopic (exact) mass is 464 g/mol. The average molecular weight is 465 g/mol. The number of carbonyl (C=O) groups is 1. The highest BCUT2D eigenvalue weighted by atomic mass is 35.5. The molecule has 2 N–H and O–H groups in total. The van der Waals surface area contributed by atoms with Crippen LogP contribution in [0, 0.1) is 0 Å². The van der Waals surface area contributed by atoms with Crippen molar-refractivity contribution < 1.29 is 13.6 Å². The van der Waals surface area contributed by atoms with E-state index in [2.05, 4.69) is 35.5 Å². The molecule has 0 spiro atoms. The maximum Gasteiger partial charge on any atom is 0.282 e. The lowest BCUT2D eigenvalue weighted by molar-refractivity contribution is 0.102. The van der Waals surface area contributed by atoms with E-state index in [-0.39, 0.29) is 20.6 Å². The molecule has 4 aromatic heterocycles. The quantitative estimate of drug-likeness (QED) is 0.462. The first-order valence-electron chi connectivity index (χ1n) is 9.40. The number of alkyl halides is 2. The Kier molecular flexibility index (Phi) is 5.02. The summed E-state index contributed by atoms with van der Waals surface area (Å²) in [4.78, 5) is 23.3. The van der Waals surface area contributed by atoms with Gasteiger partial charge in [0.2, 0.25) is 5.95 Å². The second-order valence-corrected chi connectivity index (χ2v) is 8.52. The van der Waals surface area contributed by atoms with Crippen LogP contribution in [-0.4, -0.2) is 48.8 Å². The molecule has 1 saturated heterocycles. The van der Waals surface area contributed by atoms with Crippen LogP contribution < -0.4 is 10.2 Å². The molecule has 1 aliphatic rings. The summed E-state index contributed by atoms with van der Waals surface area (Å²) in [5.74, 6) is 0.161. The van der Waals surface area contributed by atoms with E-state index in [9.17, 15) is 13.6 Å². The number of amides is 1. The fourth-order valence-corrected chi connectivity index (χ4v) is 4.54. The number of pyridine rings is 1. The Balaban J connectivity index is 1.39. The number of halogens is 3. The normalized spacial score (nSPS) is 14.1. The van der Waals surface area contributed by atoms with Crippen LogP contribution in [0.15, 0.2) is 24.5 Å². The molecule has 160 valence electrons.